The van der Waals surface area contributed by atoms with Crippen LogP contribution in [-0.2, 0) is 14.4 Å². The Bertz CT molecular complexity index is 229. The van der Waals surface area contributed by atoms with Crippen LogP contribution in [0, 0.1) is 0 Å². The van der Waals surface area contributed by atoms with Crippen molar-refractivity contribution in [2.45, 2.75) is 26.7 Å². The molecular formula is C9H17BrN2O3. The van der Waals surface area contributed by atoms with E-state index in [9.17, 15) is 0 Å². The summed E-state index contributed by atoms with van der Waals surface area (Å²) in [7, 11) is 0. The monoisotopic (exact) mass is 280 g/mol. The number of halogens is 1. The number of ether oxygens (including phenoxy) is 2. The largest absolute Gasteiger partial charge is 0.331 e. The second-order valence-corrected chi connectivity index (χ2v) is 3.60. The number of alkyl halides is 1. The van der Waals surface area contributed by atoms with Crippen molar-refractivity contribution in [2.24, 2.45) is 0 Å². The minimum Gasteiger partial charge on any atom is -0.331 e. The number of hydrogen-bond donors (Lipinski definition) is 1. The van der Waals surface area contributed by atoms with E-state index in [1.807, 2.05) is 20.8 Å². The summed E-state index contributed by atoms with van der Waals surface area (Å²) in [6, 6.07) is 0. The third-order valence-electron chi connectivity index (χ3n) is 1.86. The van der Waals surface area contributed by atoms with Crippen LogP contribution < -0.4 is 5.48 Å². The summed E-state index contributed by atoms with van der Waals surface area (Å²) in [5, 5.41) is 2.03. The van der Waals surface area contributed by atoms with Crippen molar-refractivity contribution in [3.8, 4) is 0 Å². The first kappa shape index (κ1) is 12.8. The second kappa shape index (κ2) is 5.69. The predicted molar refractivity (Wildman–Crippen MR) is 59.6 cm³/mol. The highest BCUT2D eigenvalue weighted by atomic mass is 79.9. The van der Waals surface area contributed by atoms with E-state index in [4.69, 9.17) is 14.4 Å². The molecule has 1 aliphatic rings. The van der Waals surface area contributed by atoms with Crippen LogP contribution in [0.25, 0.3) is 0 Å². The zero-order valence-corrected chi connectivity index (χ0v) is 10.8. The maximum absolute atomic E-state index is 5.60. The second-order valence-electron chi connectivity index (χ2n) is 3.04. The molecule has 1 aliphatic heterocycles. The van der Waals surface area contributed by atoms with Crippen molar-refractivity contribution in [2.75, 3.05) is 18.5 Å². The average molecular weight is 281 g/mol. The first-order valence-corrected chi connectivity index (χ1v) is 6.05. The first-order valence-electron chi connectivity index (χ1n) is 4.93. The molecule has 0 aromatic rings. The van der Waals surface area contributed by atoms with Crippen LogP contribution in [0.5, 0.6) is 0 Å². The molecule has 0 amide bonds. The minimum absolute atomic E-state index is 0.493. The van der Waals surface area contributed by atoms with Gasteiger partial charge in [0.15, 0.2) is 0 Å². The van der Waals surface area contributed by atoms with Gasteiger partial charge in [-0.25, -0.2) is 5.48 Å². The van der Waals surface area contributed by atoms with Crippen molar-refractivity contribution in [1.82, 2.24) is 10.5 Å². The van der Waals surface area contributed by atoms with Crippen molar-refractivity contribution < 1.29 is 14.4 Å². The summed E-state index contributed by atoms with van der Waals surface area (Å²) in [5.74, 6) is -0.908. The molecule has 0 radical (unpaired) electrons. The Labute approximate surface area is 98.4 Å². The molecule has 0 spiro atoms. The van der Waals surface area contributed by atoms with E-state index in [1.165, 1.54) is 5.06 Å². The molecule has 0 fully saturated rings. The highest BCUT2D eigenvalue weighted by molar-refractivity contribution is 9.09. The zero-order chi connectivity index (χ0) is 11.3. The number of nitrogens with one attached hydrogen (secondary N) is 1. The normalized spacial score (nSPS) is 16.5. The van der Waals surface area contributed by atoms with Gasteiger partial charge in [-0.1, -0.05) is 15.9 Å². The van der Waals surface area contributed by atoms with Gasteiger partial charge < -0.3 is 9.47 Å². The topological polar surface area (TPSA) is 43.0 Å². The van der Waals surface area contributed by atoms with Gasteiger partial charge in [0.05, 0.1) is 17.2 Å². The lowest BCUT2D eigenvalue weighted by molar-refractivity contribution is -0.381. The Morgan fingerprint density at radius 3 is 2.40 bits per heavy atom. The van der Waals surface area contributed by atoms with Crippen LogP contribution in [-0.4, -0.2) is 29.5 Å². The van der Waals surface area contributed by atoms with Gasteiger partial charge in [0.25, 0.3) is 5.91 Å². The van der Waals surface area contributed by atoms with E-state index in [-0.39, 0.29) is 0 Å². The highest BCUT2D eigenvalue weighted by Crippen LogP contribution is 2.25. The molecule has 88 valence electrons. The van der Waals surface area contributed by atoms with E-state index in [2.05, 4.69) is 21.4 Å². The fourth-order valence-electron chi connectivity index (χ4n) is 1.27. The lowest BCUT2D eigenvalue weighted by Gasteiger charge is -2.36. The fraction of sp³-hybridized carbons (Fsp3) is 0.778. The van der Waals surface area contributed by atoms with Gasteiger partial charge in [0.1, 0.15) is 0 Å². The summed E-state index contributed by atoms with van der Waals surface area (Å²) in [4.78, 5) is 5.24. The lowest BCUT2D eigenvalue weighted by Crippen LogP contribution is -2.51. The van der Waals surface area contributed by atoms with Gasteiger partial charge in [-0.15, -0.1) is 0 Å². The molecule has 0 bridgehead atoms. The lowest BCUT2D eigenvalue weighted by atomic mass is 10.5. The molecule has 0 aliphatic carbocycles. The van der Waals surface area contributed by atoms with E-state index in [0.29, 0.717) is 18.5 Å². The third-order valence-corrected chi connectivity index (χ3v) is 2.57. The smallest absolute Gasteiger partial charge is 0.286 e. The van der Waals surface area contributed by atoms with Crippen LogP contribution in [0.4, 0.5) is 0 Å². The third kappa shape index (κ3) is 2.84. The van der Waals surface area contributed by atoms with E-state index in [1.54, 1.807) is 6.20 Å². The van der Waals surface area contributed by atoms with Gasteiger partial charge in [-0.2, -0.15) is 10.0 Å². The number of allylic oxidation sites excluding steroid dienone is 1. The molecule has 0 aromatic carbocycles. The van der Waals surface area contributed by atoms with E-state index >= 15 is 0 Å². The summed E-state index contributed by atoms with van der Waals surface area (Å²) in [6.45, 7) is 6.81. The van der Waals surface area contributed by atoms with Crippen molar-refractivity contribution in [3.05, 3.63) is 11.9 Å². The van der Waals surface area contributed by atoms with Crippen LogP contribution >= 0.6 is 15.9 Å². The molecule has 1 N–H and O–H groups in total. The molecule has 0 aromatic heterocycles. The highest BCUT2D eigenvalue weighted by Gasteiger charge is 2.40. The fourth-order valence-corrected chi connectivity index (χ4v) is 1.84. The van der Waals surface area contributed by atoms with Gasteiger partial charge in [0, 0.05) is 13.2 Å². The SMILES string of the molecule is CCOC(CBr)(OCC)N1C=C(C)NO1. The van der Waals surface area contributed by atoms with Crippen LogP contribution in [0.2, 0.25) is 0 Å². The van der Waals surface area contributed by atoms with Crippen molar-refractivity contribution in [3.63, 3.8) is 0 Å². The Morgan fingerprint density at radius 2 is 2.07 bits per heavy atom. The molecule has 0 saturated carbocycles. The summed E-state index contributed by atoms with van der Waals surface area (Å²) in [6.07, 6.45) is 1.80. The van der Waals surface area contributed by atoms with Gasteiger partial charge in [-0.05, 0) is 20.8 Å². The predicted octanol–water partition coefficient (Wildman–Crippen LogP) is 1.72. The molecule has 0 saturated heterocycles. The summed E-state index contributed by atoms with van der Waals surface area (Å²) >= 11 is 3.38. The van der Waals surface area contributed by atoms with Gasteiger partial charge >= 0.3 is 0 Å². The van der Waals surface area contributed by atoms with Crippen LogP contribution in [0.15, 0.2) is 11.9 Å². The van der Waals surface area contributed by atoms with Gasteiger partial charge in [-0.3, -0.25) is 0 Å². The number of rotatable bonds is 6. The Morgan fingerprint density at radius 1 is 1.47 bits per heavy atom. The Hall–Kier alpha value is -0.300. The van der Waals surface area contributed by atoms with E-state index < -0.39 is 5.91 Å². The Balaban J connectivity index is 2.77. The van der Waals surface area contributed by atoms with E-state index in [0.717, 1.165) is 5.70 Å². The molecule has 1 rings (SSSR count). The average Bonchev–Trinajstić information content (AvgIpc) is 2.65. The number of hydrogen-bond acceptors (Lipinski definition) is 5. The Kier molecular flexibility index (Phi) is 4.85. The molecule has 15 heavy (non-hydrogen) atoms. The standard InChI is InChI=1S/C9H17BrN2O3/c1-4-13-9(7-10,14-5-2)12-6-8(3)11-15-12/h6,11H,4-5,7H2,1-3H3. The quantitative estimate of drug-likeness (QED) is 0.593. The molecule has 0 atom stereocenters. The van der Waals surface area contributed by atoms with Crippen molar-refractivity contribution in [1.29, 1.82) is 0 Å². The summed E-state index contributed by atoms with van der Waals surface area (Å²) in [5.41, 5.74) is 3.63. The molecular weight excluding hydrogens is 264 g/mol. The maximum atomic E-state index is 5.60. The van der Waals surface area contributed by atoms with Crippen LogP contribution in [0.1, 0.15) is 20.8 Å². The molecule has 6 heteroatoms. The van der Waals surface area contributed by atoms with Crippen molar-refractivity contribution >= 4 is 15.9 Å². The number of nitrogens with zero attached hydrogens (tertiary/aromatic N) is 1. The maximum Gasteiger partial charge on any atom is 0.286 e. The molecule has 5 nitrogen and oxygen atoms in total. The molecule has 1 heterocycles. The van der Waals surface area contributed by atoms with Crippen LogP contribution in [0.3, 0.4) is 0 Å². The molecule has 0 unspecified atom stereocenters. The summed E-state index contributed by atoms with van der Waals surface area (Å²) < 4.78 is 11.2. The van der Waals surface area contributed by atoms with Gasteiger partial charge in [0.2, 0.25) is 0 Å². The number of hydroxylamine groups is 3. The zero-order valence-electron chi connectivity index (χ0n) is 9.25. The minimum atomic E-state index is -0.908. The first-order chi connectivity index (χ1) is 7.18.